The molecule has 1 aliphatic rings. The summed E-state index contributed by atoms with van der Waals surface area (Å²) in [6.07, 6.45) is 2.55. The number of aryl methyl sites for hydroxylation is 2. The molecule has 2 N–H and O–H groups in total. The molecule has 0 aromatic carbocycles. The average molecular weight is 236 g/mol. The standard InChI is InChI=1S/C14H24N2O/c1-10-7-14(12(3)17-10)11(2)16-6-4-5-13(8-15)9-16/h7,11,13H,4-6,8-9,15H2,1-3H3. The van der Waals surface area contributed by atoms with E-state index in [0.717, 1.165) is 24.6 Å². The number of furan rings is 1. The van der Waals surface area contributed by atoms with Gasteiger partial charge < -0.3 is 10.2 Å². The Kier molecular flexibility index (Phi) is 3.89. The summed E-state index contributed by atoms with van der Waals surface area (Å²) in [5.74, 6) is 2.74. The smallest absolute Gasteiger partial charge is 0.105 e. The molecule has 2 unspecified atom stereocenters. The first-order chi connectivity index (χ1) is 8.11. The summed E-state index contributed by atoms with van der Waals surface area (Å²) >= 11 is 0. The van der Waals surface area contributed by atoms with Crippen LogP contribution in [0.25, 0.3) is 0 Å². The Morgan fingerprint density at radius 1 is 1.53 bits per heavy atom. The van der Waals surface area contributed by atoms with E-state index in [1.807, 2.05) is 6.92 Å². The lowest BCUT2D eigenvalue weighted by Gasteiger charge is -2.36. The lowest BCUT2D eigenvalue weighted by atomic mass is 9.95. The topological polar surface area (TPSA) is 42.4 Å². The molecule has 1 fully saturated rings. The Labute approximate surface area is 104 Å². The molecule has 1 saturated heterocycles. The molecule has 2 heterocycles. The van der Waals surface area contributed by atoms with Crippen molar-refractivity contribution < 1.29 is 4.42 Å². The first kappa shape index (κ1) is 12.7. The van der Waals surface area contributed by atoms with Gasteiger partial charge in [-0.05, 0) is 58.7 Å². The van der Waals surface area contributed by atoms with Gasteiger partial charge >= 0.3 is 0 Å². The number of nitrogens with zero attached hydrogens (tertiary/aromatic N) is 1. The zero-order valence-corrected chi connectivity index (χ0v) is 11.2. The third kappa shape index (κ3) is 2.72. The molecule has 2 atom stereocenters. The highest BCUT2D eigenvalue weighted by Gasteiger charge is 2.25. The fourth-order valence-electron chi connectivity index (χ4n) is 2.90. The monoisotopic (exact) mass is 236 g/mol. The van der Waals surface area contributed by atoms with Crippen LogP contribution in [0.3, 0.4) is 0 Å². The van der Waals surface area contributed by atoms with Gasteiger partial charge in [0.1, 0.15) is 11.5 Å². The molecule has 3 nitrogen and oxygen atoms in total. The summed E-state index contributed by atoms with van der Waals surface area (Å²) in [4.78, 5) is 2.54. The van der Waals surface area contributed by atoms with Crippen LogP contribution < -0.4 is 5.73 Å². The molecule has 0 amide bonds. The summed E-state index contributed by atoms with van der Waals surface area (Å²) in [5.41, 5.74) is 7.13. The highest BCUT2D eigenvalue weighted by atomic mass is 16.3. The van der Waals surface area contributed by atoms with Crippen LogP contribution in [0.15, 0.2) is 10.5 Å². The molecule has 0 saturated carbocycles. The van der Waals surface area contributed by atoms with E-state index in [4.69, 9.17) is 10.2 Å². The van der Waals surface area contributed by atoms with E-state index in [1.54, 1.807) is 0 Å². The largest absolute Gasteiger partial charge is 0.466 e. The van der Waals surface area contributed by atoms with E-state index < -0.39 is 0 Å². The second-order valence-electron chi connectivity index (χ2n) is 5.28. The van der Waals surface area contributed by atoms with Crippen LogP contribution in [-0.2, 0) is 0 Å². The third-order valence-electron chi connectivity index (χ3n) is 3.96. The Hall–Kier alpha value is -0.800. The average Bonchev–Trinajstić information content (AvgIpc) is 2.67. The molecular formula is C14H24N2O. The molecule has 3 heteroatoms. The third-order valence-corrected chi connectivity index (χ3v) is 3.96. The van der Waals surface area contributed by atoms with E-state index in [1.165, 1.54) is 24.9 Å². The number of likely N-dealkylation sites (tertiary alicyclic amines) is 1. The van der Waals surface area contributed by atoms with E-state index in [9.17, 15) is 0 Å². The van der Waals surface area contributed by atoms with E-state index in [-0.39, 0.29) is 0 Å². The van der Waals surface area contributed by atoms with Gasteiger partial charge in [-0.3, -0.25) is 4.90 Å². The van der Waals surface area contributed by atoms with Crippen LogP contribution in [0.5, 0.6) is 0 Å². The fraction of sp³-hybridized carbons (Fsp3) is 0.714. The van der Waals surface area contributed by atoms with Gasteiger partial charge in [0.15, 0.2) is 0 Å². The predicted octanol–water partition coefficient (Wildman–Crippen LogP) is 2.63. The van der Waals surface area contributed by atoms with Crippen LogP contribution in [0.4, 0.5) is 0 Å². The van der Waals surface area contributed by atoms with E-state index in [0.29, 0.717) is 12.0 Å². The van der Waals surface area contributed by atoms with Crippen LogP contribution in [0, 0.1) is 19.8 Å². The molecule has 96 valence electrons. The summed E-state index contributed by atoms with van der Waals surface area (Å²) in [6, 6.07) is 2.62. The van der Waals surface area contributed by atoms with Gasteiger partial charge in [0, 0.05) is 18.2 Å². The number of hydrogen-bond acceptors (Lipinski definition) is 3. The molecule has 0 radical (unpaired) electrons. The molecule has 17 heavy (non-hydrogen) atoms. The van der Waals surface area contributed by atoms with E-state index in [2.05, 4.69) is 24.8 Å². The maximum atomic E-state index is 5.79. The molecule has 1 aromatic heterocycles. The molecule has 1 aromatic rings. The van der Waals surface area contributed by atoms with E-state index >= 15 is 0 Å². The first-order valence-electron chi connectivity index (χ1n) is 6.63. The lowest BCUT2D eigenvalue weighted by molar-refractivity contribution is 0.134. The summed E-state index contributed by atoms with van der Waals surface area (Å²) in [5, 5.41) is 0. The Morgan fingerprint density at radius 3 is 2.88 bits per heavy atom. The fourth-order valence-corrected chi connectivity index (χ4v) is 2.90. The summed E-state index contributed by atoms with van der Waals surface area (Å²) in [7, 11) is 0. The Balaban J connectivity index is 2.08. The summed E-state index contributed by atoms with van der Waals surface area (Å²) in [6.45, 7) is 9.47. The van der Waals surface area contributed by atoms with Crippen molar-refractivity contribution in [2.45, 2.75) is 39.7 Å². The second kappa shape index (κ2) is 5.23. The van der Waals surface area contributed by atoms with Crippen LogP contribution >= 0.6 is 0 Å². The van der Waals surface area contributed by atoms with Crippen molar-refractivity contribution in [3.8, 4) is 0 Å². The predicted molar refractivity (Wildman–Crippen MR) is 69.9 cm³/mol. The summed E-state index contributed by atoms with van der Waals surface area (Å²) < 4.78 is 5.63. The van der Waals surface area contributed by atoms with Gasteiger partial charge in [-0.1, -0.05) is 0 Å². The second-order valence-corrected chi connectivity index (χ2v) is 5.28. The van der Waals surface area contributed by atoms with Crippen molar-refractivity contribution in [2.75, 3.05) is 19.6 Å². The minimum atomic E-state index is 0.446. The number of piperidine rings is 1. The number of rotatable bonds is 3. The molecule has 2 rings (SSSR count). The van der Waals surface area contributed by atoms with Crippen molar-refractivity contribution in [1.29, 1.82) is 0 Å². The SMILES string of the molecule is Cc1cc(C(C)N2CCCC(CN)C2)c(C)o1. The van der Waals surface area contributed by atoms with Gasteiger partial charge in [-0.25, -0.2) is 0 Å². The maximum absolute atomic E-state index is 5.79. The zero-order valence-electron chi connectivity index (χ0n) is 11.2. The highest BCUT2D eigenvalue weighted by Crippen LogP contribution is 2.29. The highest BCUT2D eigenvalue weighted by molar-refractivity contribution is 5.23. The van der Waals surface area contributed by atoms with Gasteiger partial charge in [0.2, 0.25) is 0 Å². The van der Waals surface area contributed by atoms with Crippen LogP contribution in [-0.4, -0.2) is 24.5 Å². The minimum absolute atomic E-state index is 0.446. The van der Waals surface area contributed by atoms with Gasteiger partial charge in [-0.15, -0.1) is 0 Å². The van der Waals surface area contributed by atoms with Crippen LogP contribution in [0.1, 0.15) is 42.9 Å². The number of hydrogen-bond donors (Lipinski definition) is 1. The zero-order chi connectivity index (χ0) is 12.4. The van der Waals surface area contributed by atoms with Gasteiger partial charge in [-0.2, -0.15) is 0 Å². The quantitative estimate of drug-likeness (QED) is 0.877. The molecule has 0 spiro atoms. The van der Waals surface area contributed by atoms with Crippen molar-refractivity contribution >= 4 is 0 Å². The Morgan fingerprint density at radius 2 is 2.29 bits per heavy atom. The molecule has 1 aliphatic heterocycles. The molecular weight excluding hydrogens is 212 g/mol. The van der Waals surface area contributed by atoms with Crippen molar-refractivity contribution in [3.63, 3.8) is 0 Å². The molecule has 0 aliphatic carbocycles. The van der Waals surface area contributed by atoms with Crippen LogP contribution in [0.2, 0.25) is 0 Å². The van der Waals surface area contributed by atoms with Crippen molar-refractivity contribution in [3.05, 3.63) is 23.2 Å². The Bertz CT molecular complexity index is 372. The van der Waals surface area contributed by atoms with Gasteiger partial charge in [0.25, 0.3) is 0 Å². The molecule has 0 bridgehead atoms. The van der Waals surface area contributed by atoms with Gasteiger partial charge in [0.05, 0.1) is 0 Å². The normalized spacial score (nSPS) is 23.9. The lowest BCUT2D eigenvalue weighted by Crippen LogP contribution is -2.39. The first-order valence-corrected chi connectivity index (χ1v) is 6.63. The minimum Gasteiger partial charge on any atom is -0.466 e. The number of nitrogens with two attached hydrogens (primary N) is 1. The van der Waals surface area contributed by atoms with Crippen molar-refractivity contribution in [2.24, 2.45) is 11.7 Å². The maximum Gasteiger partial charge on any atom is 0.105 e. The van der Waals surface area contributed by atoms with Crippen molar-refractivity contribution in [1.82, 2.24) is 4.90 Å².